The van der Waals surface area contributed by atoms with Crippen LogP contribution in [-0.4, -0.2) is 33.0 Å². The fourth-order valence-electron chi connectivity index (χ4n) is 1.58. The van der Waals surface area contributed by atoms with E-state index in [9.17, 15) is 0 Å². The highest BCUT2D eigenvalue weighted by molar-refractivity contribution is 7.09. The lowest BCUT2D eigenvalue weighted by atomic mass is 10.4. The smallest absolute Gasteiger partial charge is 0.229 e. The van der Waals surface area contributed by atoms with Crippen LogP contribution >= 0.6 is 22.9 Å². The number of rotatable bonds is 5. The van der Waals surface area contributed by atoms with Crippen LogP contribution in [0.15, 0.2) is 11.6 Å². The van der Waals surface area contributed by atoms with E-state index in [-0.39, 0.29) is 5.28 Å². The standard InChI is InChI=1S/C11H14ClN5S/c1-3-17(4-2)11-15-8(14-10(12)16-11)7-9-13-5-6-18-9/h5-6H,3-4,7H2,1-2H3. The largest absolute Gasteiger partial charge is 0.341 e. The van der Waals surface area contributed by atoms with Crippen LogP contribution in [0.25, 0.3) is 0 Å². The number of thiazole rings is 1. The van der Waals surface area contributed by atoms with Gasteiger partial charge in [-0.1, -0.05) is 0 Å². The molecule has 18 heavy (non-hydrogen) atoms. The van der Waals surface area contributed by atoms with Gasteiger partial charge in [0.1, 0.15) is 10.8 Å². The van der Waals surface area contributed by atoms with Crippen LogP contribution in [0.1, 0.15) is 24.7 Å². The van der Waals surface area contributed by atoms with Gasteiger partial charge in [0.05, 0.1) is 6.42 Å². The van der Waals surface area contributed by atoms with E-state index < -0.39 is 0 Å². The summed E-state index contributed by atoms with van der Waals surface area (Å²) in [5.74, 6) is 1.29. The normalized spacial score (nSPS) is 10.6. The zero-order valence-corrected chi connectivity index (χ0v) is 11.9. The molecule has 0 amide bonds. The molecule has 0 N–H and O–H groups in total. The molecule has 0 saturated carbocycles. The van der Waals surface area contributed by atoms with Crippen molar-refractivity contribution in [3.63, 3.8) is 0 Å². The highest BCUT2D eigenvalue weighted by atomic mass is 35.5. The summed E-state index contributed by atoms with van der Waals surface area (Å²) in [7, 11) is 0. The molecule has 0 atom stereocenters. The lowest BCUT2D eigenvalue weighted by Gasteiger charge is -2.18. The Morgan fingerprint density at radius 3 is 2.61 bits per heavy atom. The molecule has 2 aromatic rings. The Hall–Kier alpha value is -1.27. The molecule has 0 aliphatic heterocycles. The summed E-state index contributed by atoms with van der Waals surface area (Å²) in [6, 6.07) is 0. The van der Waals surface area contributed by atoms with Gasteiger partial charge in [0.2, 0.25) is 11.2 Å². The molecule has 7 heteroatoms. The highest BCUT2D eigenvalue weighted by Crippen LogP contribution is 2.14. The Kier molecular flexibility index (Phi) is 4.43. The molecule has 2 heterocycles. The highest BCUT2D eigenvalue weighted by Gasteiger charge is 2.11. The van der Waals surface area contributed by atoms with Crippen molar-refractivity contribution in [2.45, 2.75) is 20.3 Å². The van der Waals surface area contributed by atoms with E-state index in [4.69, 9.17) is 11.6 Å². The maximum absolute atomic E-state index is 5.94. The second-order valence-corrected chi connectivity index (χ2v) is 4.91. The molecule has 0 aliphatic rings. The molecule has 2 rings (SSSR count). The molecule has 2 aromatic heterocycles. The minimum absolute atomic E-state index is 0.235. The van der Waals surface area contributed by atoms with Crippen LogP contribution in [0.4, 0.5) is 5.95 Å². The molecular weight excluding hydrogens is 270 g/mol. The van der Waals surface area contributed by atoms with E-state index in [1.165, 1.54) is 0 Å². The minimum Gasteiger partial charge on any atom is -0.341 e. The average Bonchev–Trinajstić information content (AvgIpc) is 2.83. The van der Waals surface area contributed by atoms with Crippen LogP contribution in [0.5, 0.6) is 0 Å². The molecule has 0 bridgehead atoms. The zero-order valence-electron chi connectivity index (χ0n) is 10.3. The summed E-state index contributed by atoms with van der Waals surface area (Å²) in [5, 5.41) is 3.14. The third-order valence-electron chi connectivity index (χ3n) is 2.48. The summed E-state index contributed by atoms with van der Waals surface area (Å²) in [4.78, 5) is 19.0. The summed E-state index contributed by atoms with van der Waals surface area (Å²) in [6.45, 7) is 5.80. The second kappa shape index (κ2) is 6.06. The summed E-state index contributed by atoms with van der Waals surface area (Å²) >= 11 is 7.52. The van der Waals surface area contributed by atoms with Crippen molar-refractivity contribution in [1.82, 2.24) is 19.9 Å². The third-order valence-corrected chi connectivity index (χ3v) is 3.43. The van der Waals surface area contributed by atoms with Gasteiger partial charge in [-0.05, 0) is 25.4 Å². The molecule has 0 aromatic carbocycles. The average molecular weight is 284 g/mol. The molecule has 0 saturated heterocycles. The van der Waals surface area contributed by atoms with E-state index >= 15 is 0 Å². The first-order chi connectivity index (χ1) is 8.72. The molecule has 96 valence electrons. The summed E-state index contributed by atoms with van der Waals surface area (Å²) in [5.41, 5.74) is 0. The fraction of sp³-hybridized carbons (Fsp3) is 0.455. The van der Waals surface area contributed by atoms with Crippen LogP contribution < -0.4 is 4.90 Å². The first-order valence-electron chi connectivity index (χ1n) is 5.76. The van der Waals surface area contributed by atoms with Gasteiger partial charge in [0.15, 0.2) is 0 Å². The van der Waals surface area contributed by atoms with Gasteiger partial charge in [0.25, 0.3) is 0 Å². The molecule has 0 aliphatic carbocycles. The van der Waals surface area contributed by atoms with Crippen molar-refractivity contribution >= 4 is 28.9 Å². The van der Waals surface area contributed by atoms with Gasteiger partial charge < -0.3 is 4.90 Å². The topological polar surface area (TPSA) is 54.8 Å². The van der Waals surface area contributed by atoms with Crippen LogP contribution in [0.3, 0.4) is 0 Å². The molecular formula is C11H14ClN5S. The van der Waals surface area contributed by atoms with Crippen molar-refractivity contribution in [3.8, 4) is 0 Å². The monoisotopic (exact) mass is 283 g/mol. The molecule has 5 nitrogen and oxygen atoms in total. The number of halogens is 1. The lowest BCUT2D eigenvalue weighted by molar-refractivity contribution is 0.792. The number of anilines is 1. The van der Waals surface area contributed by atoms with Crippen LogP contribution in [0, 0.1) is 0 Å². The number of hydrogen-bond donors (Lipinski definition) is 0. The van der Waals surface area contributed by atoms with E-state index in [1.807, 2.05) is 10.3 Å². The molecule has 0 radical (unpaired) electrons. The zero-order chi connectivity index (χ0) is 13.0. The second-order valence-electron chi connectivity index (χ2n) is 3.60. The SMILES string of the molecule is CCN(CC)c1nc(Cl)nc(Cc2nccs2)n1. The van der Waals surface area contributed by atoms with Crippen molar-refractivity contribution in [1.29, 1.82) is 0 Å². The molecule has 0 fully saturated rings. The first-order valence-corrected chi connectivity index (χ1v) is 7.02. The Balaban J connectivity index is 2.26. The first kappa shape index (κ1) is 13.2. The van der Waals surface area contributed by atoms with Crippen LogP contribution in [0.2, 0.25) is 5.28 Å². The maximum atomic E-state index is 5.94. The number of aromatic nitrogens is 4. The lowest BCUT2D eigenvalue weighted by Crippen LogP contribution is -2.25. The third kappa shape index (κ3) is 3.14. The van der Waals surface area contributed by atoms with E-state index in [0.717, 1.165) is 18.1 Å². The summed E-state index contributed by atoms with van der Waals surface area (Å²) < 4.78 is 0. The quantitative estimate of drug-likeness (QED) is 0.843. The predicted octanol–water partition coefficient (Wildman–Crippen LogP) is 2.42. The van der Waals surface area contributed by atoms with Crippen molar-refractivity contribution in [2.75, 3.05) is 18.0 Å². The predicted molar refractivity (Wildman–Crippen MR) is 73.3 cm³/mol. The number of hydrogen-bond acceptors (Lipinski definition) is 6. The van der Waals surface area contributed by atoms with E-state index in [0.29, 0.717) is 18.2 Å². The fourth-order valence-corrected chi connectivity index (χ4v) is 2.37. The Bertz CT molecular complexity index is 498. The summed E-state index contributed by atoms with van der Waals surface area (Å²) in [6.07, 6.45) is 2.36. The van der Waals surface area contributed by atoms with Gasteiger partial charge in [-0.2, -0.15) is 9.97 Å². The van der Waals surface area contributed by atoms with E-state index in [2.05, 4.69) is 33.8 Å². The number of nitrogens with zero attached hydrogens (tertiary/aromatic N) is 5. The van der Waals surface area contributed by atoms with Gasteiger partial charge in [-0.15, -0.1) is 11.3 Å². The van der Waals surface area contributed by atoms with Gasteiger partial charge in [-0.25, -0.2) is 9.97 Å². The van der Waals surface area contributed by atoms with Crippen molar-refractivity contribution < 1.29 is 0 Å². The maximum Gasteiger partial charge on any atom is 0.229 e. The van der Waals surface area contributed by atoms with E-state index in [1.54, 1.807) is 17.5 Å². The Labute approximate surface area is 115 Å². The Morgan fingerprint density at radius 2 is 2.00 bits per heavy atom. The van der Waals surface area contributed by atoms with Gasteiger partial charge in [-0.3, -0.25) is 0 Å². The van der Waals surface area contributed by atoms with Crippen molar-refractivity contribution in [2.24, 2.45) is 0 Å². The Morgan fingerprint density at radius 1 is 1.22 bits per heavy atom. The van der Waals surface area contributed by atoms with Gasteiger partial charge in [0, 0.05) is 24.7 Å². The molecule has 0 spiro atoms. The van der Waals surface area contributed by atoms with Crippen LogP contribution in [-0.2, 0) is 6.42 Å². The molecule has 0 unspecified atom stereocenters. The minimum atomic E-state index is 0.235. The van der Waals surface area contributed by atoms with Crippen molar-refractivity contribution in [3.05, 3.63) is 27.7 Å². The van der Waals surface area contributed by atoms with Gasteiger partial charge >= 0.3 is 0 Å².